The van der Waals surface area contributed by atoms with Gasteiger partial charge >= 0.3 is 0 Å². The van der Waals surface area contributed by atoms with Crippen molar-refractivity contribution < 1.29 is 15.0 Å². The molecule has 3 N–H and O–H groups in total. The van der Waals surface area contributed by atoms with Crippen molar-refractivity contribution in [3.63, 3.8) is 0 Å². The van der Waals surface area contributed by atoms with E-state index >= 15 is 0 Å². The van der Waals surface area contributed by atoms with E-state index in [4.69, 9.17) is 0 Å². The SMILES string of the molecule is CC/C=C\C/C=C\CCCCCCCCCCCCCCCCC(=O)NC(CO)C(O)CCCCCCCCCCCCCCCCCCCCC. The molecular formula is C48H93NO3. The van der Waals surface area contributed by atoms with E-state index in [9.17, 15) is 15.0 Å². The van der Waals surface area contributed by atoms with Gasteiger partial charge in [-0.3, -0.25) is 4.79 Å². The van der Waals surface area contributed by atoms with Gasteiger partial charge in [0.25, 0.3) is 0 Å². The Kier molecular flexibility index (Phi) is 43.3. The average molecular weight is 732 g/mol. The van der Waals surface area contributed by atoms with Gasteiger partial charge in [-0.1, -0.05) is 237 Å². The zero-order chi connectivity index (χ0) is 37.8. The molecule has 1 amide bonds. The lowest BCUT2D eigenvalue weighted by Gasteiger charge is -2.22. The molecule has 0 rings (SSSR count). The molecule has 0 aliphatic heterocycles. The van der Waals surface area contributed by atoms with Gasteiger partial charge in [0, 0.05) is 6.42 Å². The maximum absolute atomic E-state index is 12.4. The van der Waals surface area contributed by atoms with E-state index in [0.717, 1.165) is 38.5 Å². The Labute approximate surface area is 326 Å². The van der Waals surface area contributed by atoms with Crippen LogP contribution in [0.25, 0.3) is 0 Å². The van der Waals surface area contributed by atoms with Gasteiger partial charge in [-0.25, -0.2) is 0 Å². The Balaban J connectivity index is 3.47. The molecule has 0 fully saturated rings. The lowest BCUT2D eigenvalue weighted by molar-refractivity contribution is -0.123. The van der Waals surface area contributed by atoms with Crippen molar-refractivity contribution in [1.29, 1.82) is 0 Å². The molecule has 0 aromatic carbocycles. The van der Waals surface area contributed by atoms with E-state index in [1.54, 1.807) is 0 Å². The van der Waals surface area contributed by atoms with Crippen LogP contribution >= 0.6 is 0 Å². The molecule has 0 heterocycles. The Hall–Kier alpha value is -1.13. The highest BCUT2D eigenvalue weighted by Crippen LogP contribution is 2.17. The number of hydrogen-bond acceptors (Lipinski definition) is 3. The van der Waals surface area contributed by atoms with Crippen LogP contribution < -0.4 is 5.32 Å². The fraction of sp³-hybridized carbons (Fsp3) is 0.896. The molecule has 0 saturated heterocycles. The maximum Gasteiger partial charge on any atom is 0.220 e. The molecule has 4 heteroatoms. The number of aliphatic hydroxyl groups excluding tert-OH is 2. The smallest absolute Gasteiger partial charge is 0.220 e. The van der Waals surface area contributed by atoms with Crippen LogP contribution in [0.5, 0.6) is 0 Å². The number of aliphatic hydroxyl groups is 2. The first-order valence-corrected chi connectivity index (χ1v) is 23.5. The van der Waals surface area contributed by atoms with Crippen LogP contribution in [-0.2, 0) is 4.79 Å². The largest absolute Gasteiger partial charge is 0.394 e. The van der Waals surface area contributed by atoms with Crippen molar-refractivity contribution in [2.45, 2.75) is 270 Å². The van der Waals surface area contributed by atoms with Gasteiger partial charge < -0.3 is 15.5 Å². The Bertz CT molecular complexity index is 750. The molecule has 2 unspecified atom stereocenters. The summed E-state index contributed by atoms with van der Waals surface area (Å²) in [5.74, 6) is -0.0291. The third-order valence-corrected chi connectivity index (χ3v) is 11.0. The summed E-state index contributed by atoms with van der Waals surface area (Å²) in [6, 6.07) is -0.534. The molecule has 0 aliphatic rings. The van der Waals surface area contributed by atoms with Crippen LogP contribution in [0.15, 0.2) is 24.3 Å². The highest BCUT2D eigenvalue weighted by molar-refractivity contribution is 5.76. The predicted molar refractivity (Wildman–Crippen MR) is 230 cm³/mol. The molecule has 0 aromatic rings. The van der Waals surface area contributed by atoms with Gasteiger partial charge in [-0.15, -0.1) is 0 Å². The molecule has 308 valence electrons. The Morgan fingerprint density at radius 1 is 0.481 bits per heavy atom. The molecular weight excluding hydrogens is 639 g/mol. The van der Waals surface area contributed by atoms with Crippen molar-refractivity contribution in [3.05, 3.63) is 24.3 Å². The van der Waals surface area contributed by atoms with Gasteiger partial charge in [0.2, 0.25) is 5.91 Å². The molecule has 52 heavy (non-hydrogen) atoms. The van der Waals surface area contributed by atoms with E-state index in [1.165, 1.54) is 193 Å². The number of unbranched alkanes of at least 4 members (excludes halogenated alkanes) is 32. The van der Waals surface area contributed by atoms with E-state index in [1.807, 2.05) is 0 Å². The second kappa shape index (κ2) is 44.3. The molecule has 2 atom stereocenters. The third kappa shape index (κ3) is 40.1. The van der Waals surface area contributed by atoms with E-state index in [2.05, 4.69) is 43.5 Å². The topological polar surface area (TPSA) is 69.6 Å². The predicted octanol–water partition coefficient (Wildman–Crippen LogP) is 14.8. The summed E-state index contributed by atoms with van der Waals surface area (Å²) in [6.45, 7) is 4.28. The highest BCUT2D eigenvalue weighted by atomic mass is 16.3. The minimum Gasteiger partial charge on any atom is -0.394 e. The summed E-state index contributed by atoms with van der Waals surface area (Å²) in [6.07, 6.45) is 57.0. The maximum atomic E-state index is 12.4. The number of amides is 1. The number of carbonyl (C=O) groups excluding carboxylic acids is 1. The summed E-state index contributed by atoms with van der Waals surface area (Å²) in [7, 11) is 0. The normalized spacial score (nSPS) is 13.1. The summed E-state index contributed by atoms with van der Waals surface area (Å²) in [5, 5.41) is 23.2. The van der Waals surface area contributed by atoms with Crippen LogP contribution in [0.1, 0.15) is 258 Å². The molecule has 0 spiro atoms. The fourth-order valence-corrected chi connectivity index (χ4v) is 7.40. The van der Waals surface area contributed by atoms with Crippen LogP contribution in [0, 0.1) is 0 Å². The number of rotatable bonds is 43. The van der Waals surface area contributed by atoms with Gasteiger partial charge in [0.1, 0.15) is 0 Å². The highest BCUT2D eigenvalue weighted by Gasteiger charge is 2.20. The number of hydrogen-bond donors (Lipinski definition) is 3. The first-order chi connectivity index (χ1) is 25.7. The van der Waals surface area contributed by atoms with Gasteiger partial charge in [-0.05, 0) is 38.5 Å². The van der Waals surface area contributed by atoms with Crippen LogP contribution in [0.2, 0.25) is 0 Å². The minimum absolute atomic E-state index is 0.0291. The summed E-state index contributed by atoms with van der Waals surface area (Å²) in [5.41, 5.74) is 0. The lowest BCUT2D eigenvalue weighted by atomic mass is 10.0. The number of allylic oxidation sites excluding steroid dienone is 4. The van der Waals surface area contributed by atoms with Crippen molar-refractivity contribution in [2.75, 3.05) is 6.61 Å². The number of nitrogens with one attached hydrogen (secondary N) is 1. The zero-order valence-corrected chi connectivity index (χ0v) is 35.3. The van der Waals surface area contributed by atoms with Crippen molar-refractivity contribution in [2.24, 2.45) is 0 Å². The van der Waals surface area contributed by atoms with Crippen molar-refractivity contribution in [3.8, 4) is 0 Å². The zero-order valence-electron chi connectivity index (χ0n) is 35.3. The average Bonchev–Trinajstić information content (AvgIpc) is 3.15. The second-order valence-electron chi connectivity index (χ2n) is 16.2. The molecule has 0 saturated carbocycles. The summed E-state index contributed by atoms with van der Waals surface area (Å²) in [4.78, 5) is 12.4. The Morgan fingerprint density at radius 2 is 0.846 bits per heavy atom. The van der Waals surface area contributed by atoms with E-state index < -0.39 is 12.1 Å². The number of carbonyl (C=O) groups is 1. The second-order valence-corrected chi connectivity index (χ2v) is 16.2. The third-order valence-electron chi connectivity index (χ3n) is 11.0. The van der Waals surface area contributed by atoms with Gasteiger partial charge in [-0.2, -0.15) is 0 Å². The summed E-state index contributed by atoms with van der Waals surface area (Å²) < 4.78 is 0. The molecule has 0 aliphatic carbocycles. The summed E-state index contributed by atoms with van der Waals surface area (Å²) >= 11 is 0. The minimum atomic E-state index is -0.657. The molecule has 0 radical (unpaired) electrons. The first-order valence-electron chi connectivity index (χ1n) is 23.5. The van der Waals surface area contributed by atoms with Crippen LogP contribution in [0.3, 0.4) is 0 Å². The first kappa shape index (κ1) is 50.9. The fourth-order valence-electron chi connectivity index (χ4n) is 7.40. The molecule has 0 aromatic heterocycles. The van der Waals surface area contributed by atoms with E-state index in [-0.39, 0.29) is 12.5 Å². The monoisotopic (exact) mass is 732 g/mol. The standard InChI is InChI=1S/C48H93NO3/c1-3-5-7-9-11-13-15-17-19-21-23-24-26-28-30-32-34-36-38-40-42-44-48(52)49-46(45-50)47(51)43-41-39-37-35-33-31-29-27-25-22-20-18-16-14-12-10-8-6-4-2/h5,7,11,13,46-47,50-51H,3-4,6,8-10,12,14-45H2,1-2H3,(H,49,52)/b7-5-,13-11-. The quantitative estimate of drug-likeness (QED) is 0.0432. The molecule has 0 bridgehead atoms. The van der Waals surface area contributed by atoms with Crippen molar-refractivity contribution >= 4 is 5.91 Å². The van der Waals surface area contributed by atoms with Crippen molar-refractivity contribution in [1.82, 2.24) is 5.32 Å². The van der Waals surface area contributed by atoms with E-state index in [0.29, 0.717) is 12.8 Å². The van der Waals surface area contributed by atoms with Crippen LogP contribution in [-0.4, -0.2) is 34.9 Å². The molecule has 4 nitrogen and oxygen atoms in total. The van der Waals surface area contributed by atoms with Gasteiger partial charge in [0.15, 0.2) is 0 Å². The lowest BCUT2D eigenvalue weighted by Crippen LogP contribution is -2.45. The Morgan fingerprint density at radius 3 is 1.25 bits per heavy atom. The van der Waals surface area contributed by atoms with Crippen LogP contribution in [0.4, 0.5) is 0 Å². The van der Waals surface area contributed by atoms with Gasteiger partial charge in [0.05, 0.1) is 18.8 Å².